The number of benzene rings is 3. The lowest BCUT2D eigenvalue weighted by atomic mass is 9.87. The van der Waals surface area contributed by atoms with Gasteiger partial charge in [-0.25, -0.2) is 0 Å². The van der Waals surface area contributed by atoms with E-state index < -0.39 is 0 Å². The Morgan fingerprint density at radius 3 is 2.30 bits per heavy atom. The molecular weight excluding hydrogens is 458 g/mol. The van der Waals surface area contributed by atoms with Gasteiger partial charge in [0.2, 0.25) is 11.8 Å². The summed E-state index contributed by atoms with van der Waals surface area (Å²) in [6.45, 7) is 3.54. The minimum atomic E-state index is -0.389. The zero-order valence-electron chi connectivity index (χ0n) is 21.6. The minimum absolute atomic E-state index is 0.134. The summed E-state index contributed by atoms with van der Waals surface area (Å²) < 4.78 is 0. The molecule has 3 aliphatic rings. The van der Waals surface area contributed by atoms with E-state index in [-0.39, 0.29) is 23.9 Å². The van der Waals surface area contributed by atoms with Gasteiger partial charge in [0.15, 0.2) is 0 Å². The van der Waals surface area contributed by atoms with E-state index >= 15 is 0 Å². The smallest absolute Gasteiger partial charge is 0.247 e. The quantitative estimate of drug-likeness (QED) is 0.489. The van der Waals surface area contributed by atoms with E-state index in [2.05, 4.69) is 59.5 Å². The topological polar surface area (TPSA) is 43.9 Å². The third-order valence-electron chi connectivity index (χ3n) is 8.65. The molecule has 2 saturated heterocycles. The zero-order valence-corrected chi connectivity index (χ0v) is 21.6. The number of amides is 2. The van der Waals surface area contributed by atoms with Gasteiger partial charge >= 0.3 is 0 Å². The van der Waals surface area contributed by atoms with Gasteiger partial charge in [-0.2, -0.15) is 0 Å². The van der Waals surface area contributed by atoms with Gasteiger partial charge in [-0.15, -0.1) is 0 Å². The molecule has 2 unspecified atom stereocenters. The van der Waals surface area contributed by atoms with Crippen molar-refractivity contribution in [1.82, 2.24) is 14.7 Å². The maximum Gasteiger partial charge on any atom is 0.247 e. The highest BCUT2D eigenvalue weighted by Gasteiger charge is 2.48. The fraction of sp³-hybridized carbons (Fsp3) is 0.438. The summed E-state index contributed by atoms with van der Waals surface area (Å²) in [4.78, 5) is 34.2. The molecule has 0 N–H and O–H groups in total. The van der Waals surface area contributed by atoms with Gasteiger partial charge in [0, 0.05) is 39.1 Å². The number of carbonyl (C=O) groups is 2. The first-order valence-electron chi connectivity index (χ1n) is 14.0. The van der Waals surface area contributed by atoms with Crippen molar-refractivity contribution < 1.29 is 9.59 Å². The molecule has 5 nitrogen and oxygen atoms in total. The Bertz CT molecular complexity index is 1250. The minimum Gasteiger partial charge on any atom is -0.328 e. The highest BCUT2D eigenvalue weighted by Crippen LogP contribution is 2.30. The summed E-state index contributed by atoms with van der Waals surface area (Å²) in [7, 11) is 0. The number of piperazine rings is 2. The van der Waals surface area contributed by atoms with Gasteiger partial charge < -0.3 is 9.80 Å². The molecule has 0 aromatic heterocycles. The first-order chi connectivity index (χ1) is 18.2. The lowest BCUT2D eigenvalue weighted by Gasteiger charge is -2.50. The summed E-state index contributed by atoms with van der Waals surface area (Å²) in [6.07, 6.45) is 6.69. The highest BCUT2D eigenvalue weighted by molar-refractivity contribution is 5.97. The number of fused-ring (bicyclic) bond motifs is 2. The van der Waals surface area contributed by atoms with Crippen LogP contribution in [0.2, 0.25) is 0 Å². The zero-order chi connectivity index (χ0) is 25.2. The number of nitrogens with zero attached hydrogens (tertiary/aromatic N) is 3. The second-order valence-corrected chi connectivity index (χ2v) is 11.2. The molecule has 3 aromatic carbocycles. The van der Waals surface area contributed by atoms with Gasteiger partial charge in [0.05, 0.1) is 0 Å². The molecule has 2 amide bonds. The van der Waals surface area contributed by atoms with Crippen LogP contribution in [0.15, 0.2) is 72.8 Å². The molecule has 0 radical (unpaired) electrons. The predicted octanol–water partition coefficient (Wildman–Crippen LogP) is 4.89. The van der Waals surface area contributed by atoms with Crippen molar-refractivity contribution in [2.75, 3.05) is 26.2 Å². The normalized spacial score (nSPS) is 23.5. The highest BCUT2D eigenvalue weighted by atomic mass is 16.2. The summed E-state index contributed by atoms with van der Waals surface area (Å²) in [6, 6.07) is 24.5. The van der Waals surface area contributed by atoms with Crippen LogP contribution >= 0.6 is 0 Å². The van der Waals surface area contributed by atoms with Gasteiger partial charge in [0.25, 0.3) is 0 Å². The van der Waals surface area contributed by atoms with E-state index in [0.717, 1.165) is 25.2 Å². The van der Waals surface area contributed by atoms with Crippen molar-refractivity contribution in [3.63, 3.8) is 0 Å². The second kappa shape index (κ2) is 10.7. The Hall–Kier alpha value is -3.18. The third-order valence-corrected chi connectivity index (χ3v) is 8.65. The third kappa shape index (κ3) is 5.15. The van der Waals surface area contributed by atoms with E-state index in [1.54, 1.807) is 0 Å². The molecule has 37 heavy (non-hydrogen) atoms. The first kappa shape index (κ1) is 24.2. The fourth-order valence-corrected chi connectivity index (χ4v) is 6.62. The Labute approximate surface area is 220 Å². The van der Waals surface area contributed by atoms with Crippen LogP contribution < -0.4 is 0 Å². The maximum atomic E-state index is 14.1. The summed E-state index contributed by atoms with van der Waals surface area (Å²) in [5.41, 5.74) is 2.37. The molecule has 3 aromatic rings. The van der Waals surface area contributed by atoms with Gasteiger partial charge in [-0.3, -0.25) is 14.5 Å². The van der Waals surface area contributed by atoms with Gasteiger partial charge in [-0.05, 0) is 46.7 Å². The molecule has 2 heterocycles. The monoisotopic (exact) mass is 495 g/mol. The van der Waals surface area contributed by atoms with Crippen molar-refractivity contribution in [2.45, 2.75) is 57.2 Å². The van der Waals surface area contributed by atoms with Crippen LogP contribution in [0.4, 0.5) is 0 Å². The van der Waals surface area contributed by atoms with Crippen LogP contribution in [0.5, 0.6) is 0 Å². The number of hydrogen-bond acceptors (Lipinski definition) is 3. The Balaban J connectivity index is 1.21. The molecule has 192 valence electrons. The van der Waals surface area contributed by atoms with E-state index in [1.165, 1.54) is 48.4 Å². The molecule has 5 heteroatoms. The van der Waals surface area contributed by atoms with Crippen molar-refractivity contribution in [3.8, 4) is 0 Å². The largest absolute Gasteiger partial charge is 0.328 e. The fourth-order valence-electron chi connectivity index (χ4n) is 6.62. The molecule has 0 bridgehead atoms. The maximum absolute atomic E-state index is 14.1. The van der Waals surface area contributed by atoms with E-state index in [4.69, 9.17) is 0 Å². The lowest BCUT2D eigenvalue weighted by molar-refractivity contribution is -0.166. The van der Waals surface area contributed by atoms with E-state index in [0.29, 0.717) is 25.4 Å². The van der Waals surface area contributed by atoms with Crippen LogP contribution in [0.1, 0.15) is 43.2 Å². The Morgan fingerprint density at radius 1 is 0.730 bits per heavy atom. The van der Waals surface area contributed by atoms with Crippen LogP contribution in [-0.4, -0.2) is 64.8 Å². The lowest BCUT2D eigenvalue weighted by Crippen LogP contribution is -2.70. The Morgan fingerprint density at radius 2 is 1.49 bits per heavy atom. The van der Waals surface area contributed by atoms with Crippen molar-refractivity contribution >= 4 is 22.6 Å². The standard InChI is InChI=1S/C32H37N3O2/c36-31-29(20-24-9-3-1-4-10-24)35(22-25-11-5-2-6-12-25)32(37)30-23-33(17-18-34(30)31)21-26-15-16-27-13-7-8-14-28(27)19-26/h1,3-4,7-10,13-16,19,25,29-30H,2,5-6,11-12,17-18,20-23H2. The predicted molar refractivity (Wildman–Crippen MR) is 147 cm³/mol. The average molecular weight is 496 g/mol. The SMILES string of the molecule is O=C1C(Cc2ccccc2)N(CC2CCCCC2)C(=O)C2CN(Cc3ccc4ccccc4c3)CCN12. The average Bonchev–Trinajstić information content (AvgIpc) is 2.94. The molecule has 1 saturated carbocycles. The molecule has 0 spiro atoms. The van der Waals surface area contributed by atoms with Crippen LogP contribution in [-0.2, 0) is 22.6 Å². The number of rotatable bonds is 6. The van der Waals surface area contributed by atoms with Crippen molar-refractivity contribution in [1.29, 1.82) is 0 Å². The number of carbonyl (C=O) groups excluding carboxylic acids is 2. The summed E-state index contributed by atoms with van der Waals surface area (Å²) >= 11 is 0. The van der Waals surface area contributed by atoms with Crippen molar-refractivity contribution in [2.24, 2.45) is 5.92 Å². The van der Waals surface area contributed by atoms with Gasteiger partial charge in [-0.1, -0.05) is 86.0 Å². The molecule has 3 fully saturated rings. The van der Waals surface area contributed by atoms with Crippen molar-refractivity contribution in [3.05, 3.63) is 83.9 Å². The van der Waals surface area contributed by atoms with Gasteiger partial charge in [0.1, 0.15) is 12.1 Å². The molecule has 1 aliphatic carbocycles. The summed E-state index contributed by atoms with van der Waals surface area (Å²) in [5.74, 6) is 0.788. The first-order valence-corrected chi connectivity index (χ1v) is 14.0. The van der Waals surface area contributed by atoms with E-state index in [1.807, 2.05) is 28.0 Å². The summed E-state index contributed by atoms with van der Waals surface area (Å²) in [5, 5.41) is 2.48. The number of hydrogen-bond donors (Lipinski definition) is 0. The van der Waals surface area contributed by atoms with Crippen LogP contribution in [0, 0.1) is 5.92 Å². The van der Waals surface area contributed by atoms with Crippen LogP contribution in [0.25, 0.3) is 10.8 Å². The molecule has 2 aliphatic heterocycles. The second-order valence-electron chi connectivity index (χ2n) is 11.2. The molecule has 2 atom stereocenters. The van der Waals surface area contributed by atoms with E-state index in [9.17, 15) is 9.59 Å². The Kier molecular flexibility index (Phi) is 6.97. The molecular formula is C32H37N3O2. The van der Waals surface area contributed by atoms with Crippen LogP contribution in [0.3, 0.4) is 0 Å². The molecule has 6 rings (SSSR count).